The monoisotopic (exact) mass is 477 g/mol. The van der Waals surface area contributed by atoms with Gasteiger partial charge in [0.15, 0.2) is 0 Å². The van der Waals surface area contributed by atoms with Crippen LogP contribution in [-0.4, -0.2) is 41.9 Å². The lowest BCUT2D eigenvalue weighted by molar-refractivity contribution is -0.137. The molecule has 33 heavy (non-hydrogen) atoms. The van der Waals surface area contributed by atoms with E-state index < -0.39 is 11.7 Å². The van der Waals surface area contributed by atoms with Crippen molar-refractivity contribution in [3.8, 4) is 16.3 Å². The lowest BCUT2D eigenvalue weighted by Gasteiger charge is -2.20. The van der Waals surface area contributed by atoms with Crippen molar-refractivity contribution in [1.82, 2.24) is 9.88 Å². The second-order valence-corrected chi connectivity index (χ2v) is 7.91. The predicted octanol–water partition coefficient (Wildman–Crippen LogP) is 4.87. The Morgan fingerprint density at radius 3 is 2.45 bits per heavy atom. The SMILES string of the molecule is CCN(CC(=O)Nc1ccccc1OC)C(=O)Cc1csc(-c2ccc(C(F)(F)F)cc2)n1. The standard InChI is InChI=1S/C23H22F3N3O3S/c1-3-29(13-20(30)28-18-6-4-5-7-19(18)32-2)21(31)12-17-14-33-22(27-17)15-8-10-16(11-9-15)23(24,25)26/h4-11,14H,3,12-13H2,1-2H3,(H,28,30). The highest BCUT2D eigenvalue weighted by molar-refractivity contribution is 7.13. The molecule has 0 saturated carbocycles. The number of thiazole rings is 1. The topological polar surface area (TPSA) is 71.5 Å². The van der Waals surface area contributed by atoms with Crippen molar-refractivity contribution in [3.05, 3.63) is 65.2 Å². The number of benzene rings is 2. The summed E-state index contributed by atoms with van der Waals surface area (Å²) in [6.45, 7) is 1.96. The maximum Gasteiger partial charge on any atom is 0.416 e. The number of carbonyl (C=O) groups is 2. The Kier molecular flexibility index (Phi) is 7.70. The van der Waals surface area contributed by atoms with Gasteiger partial charge in [-0.25, -0.2) is 4.98 Å². The van der Waals surface area contributed by atoms with Crippen LogP contribution in [0.3, 0.4) is 0 Å². The van der Waals surface area contributed by atoms with Crippen LogP contribution in [0.4, 0.5) is 18.9 Å². The van der Waals surface area contributed by atoms with E-state index in [0.29, 0.717) is 34.2 Å². The van der Waals surface area contributed by atoms with Gasteiger partial charge in [-0.3, -0.25) is 9.59 Å². The number of hydrogen-bond donors (Lipinski definition) is 1. The van der Waals surface area contributed by atoms with Crippen LogP contribution in [-0.2, 0) is 22.2 Å². The molecule has 0 atom stereocenters. The average molecular weight is 478 g/mol. The average Bonchev–Trinajstić information content (AvgIpc) is 3.25. The largest absolute Gasteiger partial charge is 0.495 e. The predicted molar refractivity (Wildman–Crippen MR) is 120 cm³/mol. The normalized spacial score (nSPS) is 11.2. The highest BCUT2D eigenvalue weighted by Crippen LogP contribution is 2.32. The van der Waals surface area contributed by atoms with E-state index in [4.69, 9.17) is 4.74 Å². The summed E-state index contributed by atoms with van der Waals surface area (Å²) in [6, 6.07) is 11.7. The number of carbonyl (C=O) groups excluding carboxylic acids is 2. The van der Waals surface area contributed by atoms with Gasteiger partial charge in [0, 0.05) is 17.5 Å². The van der Waals surface area contributed by atoms with E-state index in [0.717, 1.165) is 12.1 Å². The van der Waals surface area contributed by atoms with Crippen LogP contribution in [0.5, 0.6) is 5.75 Å². The van der Waals surface area contributed by atoms with E-state index in [2.05, 4.69) is 10.3 Å². The summed E-state index contributed by atoms with van der Waals surface area (Å²) in [5, 5.41) is 4.94. The Bertz CT molecular complexity index is 1110. The van der Waals surface area contributed by atoms with Crippen molar-refractivity contribution in [2.75, 3.05) is 25.5 Å². The summed E-state index contributed by atoms with van der Waals surface area (Å²) >= 11 is 1.24. The number of likely N-dealkylation sites (N-methyl/N-ethyl adjacent to an activating group) is 1. The van der Waals surface area contributed by atoms with E-state index in [-0.39, 0.29) is 24.8 Å². The van der Waals surface area contributed by atoms with E-state index in [1.165, 1.54) is 35.5 Å². The summed E-state index contributed by atoms with van der Waals surface area (Å²) in [6.07, 6.45) is -4.42. The summed E-state index contributed by atoms with van der Waals surface area (Å²) in [5.74, 6) is -0.131. The molecule has 0 saturated heterocycles. The van der Waals surface area contributed by atoms with Crippen LogP contribution in [0.2, 0.25) is 0 Å². The number of hydrogen-bond acceptors (Lipinski definition) is 5. The van der Waals surface area contributed by atoms with Crippen LogP contribution in [0, 0.1) is 0 Å². The van der Waals surface area contributed by atoms with Crippen LogP contribution in [0.25, 0.3) is 10.6 Å². The maximum absolute atomic E-state index is 12.7. The Labute approximate surface area is 193 Å². The summed E-state index contributed by atoms with van der Waals surface area (Å²) < 4.78 is 43.4. The van der Waals surface area contributed by atoms with Gasteiger partial charge in [-0.15, -0.1) is 11.3 Å². The smallest absolute Gasteiger partial charge is 0.416 e. The lowest BCUT2D eigenvalue weighted by Crippen LogP contribution is -2.38. The van der Waals surface area contributed by atoms with Gasteiger partial charge in [0.1, 0.15) is 10.8 Å². The molecule has 0 unspecified atom stereocenters. The highest BCUT2D eigenvalue weighted by Gasteiger charge is 2.30. The van der Waals surface area contributed by atoms with Crippen molar-refractivity contribution in [2.24, 2.45) is 0 Å². The van der Waals surface area contributed by atoms with Gasteiger partial charge < -0.3 is 15.0 Å². The molecule has 0 aliphatic carbocycles. The van der Waals surface area contributed by atoms with Crippen LogP contribution >= 0.6 is 11.3 Å². The molecule has 0 aliphatic heterocycles. The van der Waals surface area contributed by atoms with Crippen molar-refractivity contribution in [3.63, 3.8) is 0 Å². The zero-order valence-corrected chi connectivity index (χ0v) is 18.8. The van der Waals surface area contributed by atoms with Crippen molar-refractivity contribution < 1.29 is 27.5 Å². The van der Waals surface area contributed by atoms with Gasteiger partial charge in [0.05, 0.1) is 37.0 Å². The minimum atomic E-state index is -4.40. The first-order valence-corrected chi connectivity index (χ1v) is 10.9. The first kappa shape index (κ1) is 24.2. The first-order valence-electron chi connectivity index (χ1n) is 10.0. The summed E-state index contributed by atoms with van der Waals surface area (Å²) in [7, 11) is 1.50. The molecule has 6 nitrogen and oxygen atoms in total. The van der Waals surface area contributed by atoms with E-state index in [1.807, 2.05) is 0 Å². The molecule has 0 radical (unpaired) electrons. The van der Waals surface area contributed by atoms with Crippen molar-refractivity contribution >= 4 is 28.8 Å². The van der Waals surface area contributed by atoms with Gasteiger partial charge >= 0.3 is 6.18 Å². The number of rotatable bonds is 8. The zero-order chi connectivity index (χ0) is 24.0. The molecule has 3 aromatic rings. The third kappa shape index (κ3) is 6.32. The summed E-state index contributed by atoms with van der Waals surface area (Å²) in [5.41, 5.74) is 0.802. The Morgan fingerprint density at radius 1 is 1.12 bits per heavy atom. The molecular weight excluding hydrogens is 455 g/mol. The molecule has 0 bridgehead atoms. The van der Waals surface area contributed by atoms with Gasteiger partial charge in [-0.2, -0.15) is 13.2 Å². The third-order valence-corrected chi connectivity index (χ3v) is 5.73. The fourth-order valence-corrected chi connectivity index (χ4v) is 3.90. The quantitative estimate of drug-likeness (QED) is 0.503. The number of methoxy groups -OCH3 is 1. The van der Waals surface area contributed by atoms with E-state index in [9.17, 15) is 22.8 Å². The number of alkyl halides is 3. The maximum atomic E-state index is 12.7. The molecule has 10 heteroatoms. The number of para-hydroxylation sites is 2. The number of ether oxygens (including phenoxy) is 1. The second kappa shape index (κ2) is 10.5. The molecule has 0 fully saturated rings. The van der Waals surface area contributed by atoms with Gasteiger partial charge in [0.2, 0.25) is 11.8 Å². The van der Waals surface area contributed by atoms with Crippen LogP contribution in [0.15, 0.2) is 53.9 Å². The Hall–Kier alpha value is -3.40. The molecule has 2 amide bonds. The number of nitrogens with one attached hydrogen (secondary N) is 1. The highest BCUT2D eigenvalue weighted by atomic mass is 32.1. The second-order valence-electron chi connectivity index (χ2n) is 7.05. The first-order chi connectivity index (χ1) is 15.7. The zero-order valence-electron chi connectivity index (χ0n) is 18.0. The van der Waals surface area contributed by atoms with Crippen molar-refractivity contribution in [1.29, 1.82) is 0 Å². The fraction of sp³-hybridized carbons (Fsp3) is 0.261. The number of amides is 2. The lowest BCUT2D eigenvalue weighted by atomic mass is 10.1. The molecule has 0 spiro atoms. The van der Waals surface area contributed by atoms with Crippen LogP contribution < -0.4 is 10.1 Å². The fourth-order valence-electron chi connectivity index (χ4n) is 3.08. The molecule has 1 heterocycles. The molecule has 174 valence electrons. The molecule has 1 aromatic heterocycles. The van der Waals surface area contributed by atoms with Crippen LogP contribution in [0.1, 0.15) is 18.2 Å². The van der Waals surface area contributed by atoms with E-state index in [1.54, 1.807) is 36.6 Å². The number of anilines is 1. The summed E-state index contributed by atoms with van der Waals surface area (Å²) in [4.78, 5) is 30.9. The van der Waals surface area contributed by atoms with E-state index >= 15 is 0 Å². The third-order valence-electron chi connectivity index (χ3n) is 4.79. The molecule has 2 aromatic carbocycles. The molecule has 1 N–H and O–H groups in total. The minimum Gasteiger partial charge on any atom is -0.495 e. The van der Waals surface area contributed by atoms with Crippen molar-refractivity contribution in [2.45, 2.75) is 19.5 Å². The number of nitrogens with zero attached hydrogens (tertiary/aromatic N) is 2. The molecule has 0 aliphatic rings. The number of aromatic nitrogens is 1. The van der Waals surface area contributed by atoms with Gasteiger partial charge in [-0.1, -0.05) is 24.3 Å². The Morgan fingerprint density at radius 2 is 1.82 bits per heavy atom. The molecule has 3 rings (SSSR count). The molecular formula is C23H22F3N3O3S. The van der Waals surface area contributed by atoms with Gasteiger partial charge in [-0.05, 0) is 31.2 Å². The van der Waals surface area contributed by atoms with Gasteiger partial charge in [0.25, 0.3) is 0 Å². The minimum absolute atomic E-state index is 0.0209. The number of halogens is 3. The Balaban J connectivity index is 1.61.